The number of nitrogens with one attached hydrogen (secondary N) is 1. The molecular weight excluding hydrogens is 314 g/mol. The quantitative estimate of drug-likeness (QED) is 0.908. The van der Waals surface area contributed by atoms with Gasteiger partial charge < -0.3 is 9.64 Å². The zero-order valence-corrected chi connectivity index (χ0v) is 14.8. The van der Waals surface area contributed by atoms with Gasteiger partial charge in [0, 0.05) is 30.4 Å². The van der Waals surface area contributed by atoms with Crippen LogP contribution in [0.4, 0.5) is 16.2 Å². The maximum absolute atomic E-state index is 12.2. The van der Waals surface area contributed by atoms with Crippen molar-refractivity contribution >= 4 is 17.5 Å². The second kappa shape index (κ2) is 5.77. The molecular formula is C20H23N3O2. The summed E-state index contributed by atoms with van der Waals surface area (Å²) in [6, 6.07) is 15.3. The van der Waals surface area contributed by atoms with Crippen molar-refractivity contribution in [2.24, 2.45) is 0 Å². The number of fused-ring (bicyclic) bond motifs is 3. The van der Waals surface area contributed by atoms with Crippen molar-refractivity contribution in [1.82, 2.24) is 4.90 Å². The Morgan fingerprint density at radius 3 is 2.72 bits per heavy atom. The highest BCUT2D eigenvalue weighted by atomic mass is 16.6. The Balaban J connectivity index is 1.56. The van der Waals surface area contributed by atoms with Gasteiger partial charge >= 0.3 is 6.09 Å². The number of carbonyl (C=O) groups excluding carboxylic acids is 1. The number of amides is 1. The summed E-state index contributed by atoms with van der Waals surface area (Å²) < 4.78 is 5.52. The van der Waals surface area contributed by atoms with Crippen molar-refractivity contribution in [1.29, 1.82) is 0 Å². The summed E-state index contributed by atoms with van der Waals surface area (Å²) >= 11 is 0. The maximum atomic E-state index is 12.2. The van der Waals surface area contributed by atoms with Crippen LogP contribution in [-0.2, 0) is 5.41 Å². The van der Waals surface area contributed by atoms with Crippen molar-refractivity contribution in [2.75, 3.05) is 30.9 Å². The summed E-state index contributed by atoms with van der Waals surface area (Å²) in [5.41, 5.74) is 3.26. The molecule has 2 aromatic rings. The first-order chi connectivity index (χ1) is 12.0. The third-order valence-corrected chi connectivity index (χ3v) is 5.53. The van der Waals surface area contributed by atoms with Crippen LogP contribution < -0.4 is 15.0 Å². The van der Waals surface area contributed by atoms with E-state index in [4.69, 9.17) is 4.74 Å². The summed E-state index contributed by atoms with van der Waals surface area (Å²) in [6.07, 6.45) is 0.990. The third-order valence-electron chi connectivity index (χ3n) is 5.53. The number of nitrogens with zero attached hydrogens (tertiary/aromatic N) is 2. The van der Waals surface area contributed by atoms with Gasteiger partial charge in [0.25, 0.3) is 0 Å². The van der Waals surface area contributed by atoms with Gasteiger partial charge in [-0.15, -0.1) is 0 Å². The molecule has 0 spiro atoms. The highest BCUT2D eigenvalue weighted by Gasteiger charge is 2.52. The van der Waals surface area contributed by atoms with E-state index >= 15 is 0 Å². The first kappa shape index (κ1) is 16.0. The van der Waals surface area contributed by atoms with Gasteiger partial charge in [0.15, 0.2) is 0 Å². The van der Waals surface area contributed by atoms with Crippen LogP contribution in [0.15, 0.2) is 48.5 Å². The number of para-hydroxylation sites is 1. The summed E-state index contributed by atoms with van der Waals surface area (Å²) in [4.78, 5) is 16.9. The van der Waals surface area contributed by atoms with Gasteiger partial charge in [-0.05, 0) is 49.4 Å². The Hall–Kier alpha value is -2.53. The first-order valence-electron chi connectivity index (χ1n) is 8.60. The lowest BCUT2D eigenvalue weighted by Gasteiger charge is -2.32. The van der Waals surface area contributed by atoms with E-state index in [2.05, 4.69) is 42.2 Å². The zero-order chi connectivity index (χ0) is 17.6. The molecule has 2 aromatic carbocycles. The van der Waals surface area contributed by atoms with Crippen molar-refractivity contribution in [3.8, 4) is 5.75 Å². The molecule has 2 heterocycles. The van der Waals surface area contributed by atoms with Crippen LogP contribution >= 0.6 is 0 Å². The molecule has 5 heteroatoms. The first-order valence-corrected chi connectivity index (χ1v) is 8.60. The monoisotopic (exact) mass is 337 g/mol. The lowest BCUT2D eigenvalue weighted by Crippen LogP contribution is -2.45. The number of hydrogen-bond donors (Lipinski definition) is 1. The molecule has 25 heavy (non-hydrogen) atoms. The fraction of sp³-hybridized carbons (Fsp3) is 0.350. The van der Waals surface area contributed by atoms with Gasteiger partial charge in [-0.2, -0.15) is 0 Å². The lowest BCUT2D eigenvalue weighted by molar-refractivity contribution is 0.215. The van der Waals surface area contributed by atoms with Crippen LogP contribution in [0.5, 0.6) is 5.75 Å². The summed E-state index contributed by atoms with van der Waals surface area (Å²) in [6.45, 7) is 3.38. The topological polar surface area (TPSA) is 44.8 Å². The largest absolute Gasteiger partial charge is 0.417 e. The number of rotatable bonds is 2. The van der Waals surface area contributed by atoms with Crippen LogP contribution in [0.2, 0.25) is 0 Å². The molecule has 0 aromatic heterocycles. The van der Waals surface area contributed by atoms with Crippen LogP contribution in [0.3, 0.4) is 0 Å². The standard InChI is InChI=1S/C20H23N3O2/c1-20-11-12-22(2)18(20)23(3)17-10-9-15(13-16(17)20)25-19(24)21-14-7-5-4-6-8-14/h4-10,13,18H,11-12H2,1-3H3,(H,21,24)/t18?,20-/m0/s1. The van der Waals surface area contributed by atoms with E-state index in [9.17, 15) is 4.79 Å². The van der Waals surface area contributed by atoms with Gasteiger partial charge in [-0.3, -0.25) is 10.2 Å². The molecule has 0 aliphatic carbocycles. The molecule has 5 nitrogen and oxygen atoms in total. The predicted octanol–water partition coefficient (Wildman–Crippen LogP) is 3.67. The number of ether oxygens (including phenoxy) is 1. The number of likely N-dealkylation sites (tertiary alicyclic amines) is 1. The van der Waals surface area contributed by atoms with Crippen molar-refractivity contribution in [2.45, 2.75) is 24.9 Å². The third kappa shape index (κ3) is 2.55. The predicted molar refractivity (Wildman–Crippen MR) is 99.3 cm³/mol. The van der Waals surface area contributed by atoms with E-state index in [0.29, 0.717) is 11.9 Å². The SMILES string of the molecule is CN1CC[C@@]2(C)c3cc(OC(=O)Nc4ccccc4)ccc3N(C)C12. The molecule has 130 valence electrons. The van der Waals surface area contributed by atoms with Crippen molar-refractivity contribution in [3.63, 3.8) is 0 Å². The fourth-order valence-electron chi connectivity index (χ4n) is 4.39. The molecule has 1 unspecified atom stereocenters. The molecule has 1 saturated heterocycles. The van der Waals surface area contributed by atoms with Gasteiger partial charge in [0.05, 0.1) is 6.17 Å². The molecule has 4 rings (SSSR count). The average Bonchev–Trinajstić information content (AvgIpc) is 3.01. The molecule has 2 aliphatic rings. The second-order valence-corrected chi connectivity index (χ2v) is 7.19. The summed E-state index contributed by atoms with van der Waals surface area (Å²) in [7, 11) is 4.31. The van der Waals surface area contributed by atoms with Crippen LogP contribution in [-0.4, -0.2) is 37.8 Å². The van der Waals surface area contributed by atoms with Crippen molar-refractivity contribution < 1.29 is 9.53 Å². The molecule has 0 saturated carbocycles. The second-order valence-electron chi connectivity index (χ2n) is 7.19. The fourth-order valence-corrected chi connectivity index (χ4v) is 4.39. The number of benzene rings is 2. The van der Waals surface area contributed by atoms with E-state index < -0.39 is 6.09 Å². The Labute approximate surface area is 148 Å². The van der Waals surface area contributed by atoms with E-state index in [0.717, 1.165) is 18.7 Å². The molecule has 1 fully saturated rings. The average molecular weight is 337 g/mol. The van der Waals surface area contributed by atoms with E-state index in [1.165, 1.54) is 11.3 Å². The highest BCUT2D eigenvalue weighted by molar-refractivity contribution is 5.86. The van der Waals surface area contributed by atoms with Gasteiger partial charge in [0.1, 0.15) is 5.75 Å². The molecule has 0 radical (unpaired) electrons. The van der Waals surface area contributed by atoms with Crippen LogP contribution in [0.25, 0.3) is 0 Å². The van der Waals surface area contributed by atoms with E-state index in [1.54, 1.807) is 0 Å². The minimum Gasteiger partial charge on any atom is -0.410 e. The minimum absolute atomic E-state index is 0.0636. The molecule has 1 amide bonds. The van der Waals surface area contributed by atoms with Crippen LogP contribution in [0.1, 0.15) is 18.9 Å². The lowest BCUT2D eigenvalue weighted by atomic mass is 9.81. The number of anilines is 2. The smallest absolute Gasteiger partial charge is 0.410 e. The van der Waals surface area contributed by atoms with Gasteiger partial charge in [-0.1, -0.05) is 25.1 Å². The van der Waals surface area contributed by atoms with E-state index in [-0.39, 0.29) is 5.41 Å². The Morgan fingerprint density at radius 1 is 1.20 bits per heavy atom. The van der Waals surface area contributed by atoms with Crippen LogP contribution in [0, 0.1) is 0 Å². The minimum atomic E-state index is -0.470. The normalized spacial score (nSPS) is 24.8. The Bertz CT molecular complexity index is 808. The van der Waals surface area contributed by atoms with Gasteiger partial charge in [-0.25, -0.2) is 4.79 Å². The summed E-state index contributed by atoms with van der Waals surface area (Å²) in [5.74, 6) is 0.581. The number of hydrogen-bond acceptors (Lipinski definition) is 4. The van der Waals surface area contributed by atoms with Crippen molar-refractivity contribution in [3.05, 3.63) is 54.1 Å². The molecule has 1 N–H and O–H groups in total. The summed E-state index contributed by atoms with van der Waals surface area (Å²) in [5, 5.41) is 2.75. The molecule has 2 aliphatic heterocycles. The van der Waals surface area contributed by atoms with Gasteiger partial charge in [0.2, 0.25) is 0 Å². The number of likely N-dealkylation sites (N-methyl/N-ethyl adjacent to an activating group) is 2. The van der Waals surface area contributed by atoms with E-state index in [1.807, 2.05) is 42.5 Å². The molecule has 0 bridgehead atoms. The Kier molecular flexibility index (Phi) is 3.69. The maximum Gasteiger partial charge on any atom is 0.417 e. The highest BCUT2D eigenvalue weighted by Crippen LogP contribution is 2.51. The molecule has 2 atom stereocenters. The Morgan fingerprint density at radius 2 is 1.96 bits per heavy atom. The number of carbonyl (C=O) groups is 1. The zero-order valence-electron chi connectivity index (χ0n) is 14.8.